The number of halogens is 1. The molecule has 0 heterocycles. The van der Waals surface area contributed by atoms with Crippen molar-refractivity contribution in [1.82, 2.24) is 0 Å². The van der Waals surface area contributed by atoms with E-state index in [9.17, 15) is 10.1 Å². The molecular weight excluding hydrogens is 258 g/mol. The van der Waals surface area contributed by atoms with Gasteiger partial charge in [0, 0.05) is 29.4 Å². The Balaban J connectivity index is 2.63. The second kappa shape index (κ2) is 6.20. The van der Waals surface area contributed by atoms with Gasteiger partial charge in [-0.05, 0) is 18.6 Å². The fraction of sp³-hybridized carbons (Fsp3) is 0.273. The van der Waals surface area contributed by atoms with Crippen molar-refractivity contribution in [3.63, 3.8) is 0 Å². The van der Waals surface area contributed by atoms with Crippen molar-refractivity contribution in [1.29, 1.82) is 0 Å². The molecule has 0 saturated heterocycles. The molecule has 78 valence electrons. The van der Waals surface area contributed by atoms with Gasteiger partial charge in [0.25, 0.3) is 5.69 Å². The van der Waals surface area contributed by atoms with E-state index in [-0.39, 0.29) is 5.69 Å². The first-order valence-corrected chi connectivity index (χ1v) is 5.65. The van der Waals surface area contributed by atoms with Crippen LogP contribution in [0.2, 0.25) is 0 Å². The first-order valence-electron chi connectivity index (χ1n) is 4.53. The molecular formula is C11H10BrNO2. The predicted molar refractivity (Wildman–Crippen MR) is 63.0 cm³/mol. The van der Waals surface area contributed by atoms with Crippen LogP contribution >= 0.6 is 15.9 Å². The normalized spacial score (nSPS) is 9.13. The average Bonchev–Trinajstić information content (AvgIpc) is 2.25. The molecule has 4 heteroatoms. The number of non-ortho nitro benzene ring substituents is 1. The Kier molecular flexibility index (Phi) is 4.85. The highest BCUT2D eigenvalue weighted by Crippen LogP contribution is 2.10. The van der Waals surface area contributed by atoms with Gasteiger partial charge in [0.1, 0.15) is 0 Å². The van der Waals surface area contributed by atoms with Crippen LogP contribution in [0.1, 0.15) is 18.4 Å². The maximum Gasteiger partial charge on any atom is 0.269 e. The quantitative estimate of drug-likeness (QED) is 0.278. The van der Waals surface area contributed by atoms with E-state index in [4.69, 9.17) is 0 Å². The van der Waals surface area contributed by atoms with Gasteiger partial charge in [-0.15, -0.1) is 0 Å². The number of unbranched alkanes of at least 4 members (excludes halogenated alkanes) is 1. The lowest BCUT2D eigenvalue weighted by Crippen LogP contribution is -1.86. The zero-order valence-electron chi connectivity index (χ0n) is 8.07. The minimum absolute atomic E-state index is 0.0982. The highest BCUT2D eigenvalue weighted by atomic mass is 79.9. The molecule has 1 rings (SSSR count). The second-order valence-corrected chi connectivity index (χ2v) is 3.69. The van der Waals surface area contributed by atoms with Crippen molar-refractivity contribution in [3.8, 4) is 11.8 Å². The molecule has 0 aliphatic carbocycles. The Hall–Kier alpha value is -1.34. The van der Waals surface area contributed by atoms with Gasteiger partial charge in [0.15, 0.2) is 0 Å². The molecule has 0 aliphatic rings. The Bertz CT molecular complexity index is 389. The van der Waals surface area contributed by atoms with Crippen LogP contribution in [-0.2, 0) is 0 Å². The van der Waals surface area contributed by atoms with Crippen molar-refractivity contribution in [2.24, 2.45) is 0 Å². The first kappa shape index (κ1) is 11.7. The molecule has 0 aromatic heterocycles. The van der Waals surface area contributed by atoms with E-state index in [1.807, 2.05) is 0 Å². The Morgan fingerprint density at radius 3 is 2.53 bits per heavy atom. The van der Waals surface area contributed by atoms with Crippen LogP contribution in [0.5, 0.6) is 0 Å². The van der Waals surface area contributed by atoms with Crippen LogP contribution < -0.4 is 0 Å². The smallest absolute Gasteiger partial charge is 0.258 e. The van der Waals surface area contributed by atoms with Gasteiger partial charge in [0.2, 0.25) is 0 Å². The summed E-state index contributed by atoms with van der Waals surface area (Å²) in [5, 5.41) is 11.3. The molecule has 1 aromatic rings. The van der Waals surface area contributed by atoms with Gasteiger partial charge in [-0.2, -0.15) is 0 Å². The predicted octanol–water partition coefficient (Wildman–Crippen LogP) is 3.12. The summed E-state index contributed by atoms with van der Waals surface area (Å²) in [5.74, 6) is 5.95. The number of nitro groups is 1. The molecule has 3 nitrogen and oxygen atoms in total. The first-order chi connectivity index (χ1) is 7.24. The van der Waals surface area contributed by atoms with E-state index >= 15 is 0 Å². The number of rotatable bonds is 3. The Morgan fingerprint density at radius 2 is 2.00 bits per heavy atom. The summed E-state index contributed by atoms with van der Waals surface area (Å²) in [5.41, 5.74) is 0.913. The number of nitro benzene ring substituents is 1. The second-order valence-electron chi connectivity index (χ2n) is 2.90. The number of nitrogens with zero attached hydrogens (tertiary/aromatic N) is 1. The van der Waals surface area contributed by atoms with Crippen LogP contribution in [-0.4, -0.2) is 10.3 Å². The number of hydrogen-bond acceptors (Lipinski definition) is 2. The van der Waals surface area contributed by atoms with E-state index in [1.54, 1.807) is 12.1 Å². The van der Waals surface area contributed by atoms with Crippen molar-refractivity contribution in [2.75, 3.05) is 5.33 Å². The third kappa shape index (κ3) is 4.13. The molecule has 0 aliphatic heterocycles. The minimum Gasteiger partial charge on any atom is -0.258 e. The largest absolute Gasteiger partial charge is 0.269 e. The van der Waals surface area contributed by atoms with Crippen LogP contribution in [0.15, 0.2) is 24.3 Å². The van der Waals surface area contributed by atoms with Gasteiger partial charge in [-0.1, -0.05) is 27.8 Å². The van der Waals surface area contributed by atoms with Crippen LogP contribution in [0.25, 0.3) is 0 Å². The molecule has 0 bridgehead atoms. The highest BCUT2D eigenvalue weighted by Gasteiger charge is 2.01. The van der Waals surface area contributed by atoms with Gasteiger partial charge in [-0.25, -0.2) is 0 Å². The van der Waals surface area contributed by atoms with E-state index < -0.39 is 4.92 Å². The van der Waals surface area contributed by atoms with Crippen molar-refractivity contribution >= 4 is 21.6 Å². The molecule has 0 fully saturated rings. The molecule has 0 unspecified atom stereocenters. The minimum atomic E-state index is -0.415. The van der Waals surface area contributed by atoms with Gasteiger partial charge in [-0.3, -0.25) is 10.1 Å². The summed E-state index contributed by atoms with van der Waals surface area (Å²) in [6, 6.07) is 6.27. The third-order valence-corrected chi connectivity index (χ3v) is 2.31. The van der Waals surface area contributed by atoms with Crippen molar-refractivity contribution < 1.29 is 4.92 Å². The monoisotopic (exact) mass is 267 g/mol. The lowest BCUT2D eigenvalue weighted by molar-refractivity contribution is -0.384. The van der Waals surface area contributed by atoms with Gasteiger partial charge >= 0.3 is 0 Å². The zero-order valence-corrected chi connectivity index (χ0v) is 9.66. The number of alkyl halides is 1. The fourth-order valence-electron chi connectivity index (χ4n) is 0.986. The summed E-state index contributed by atoms with van der Waals surface area (Å²) in [7, 11) is 0. The summed E-state index contributed by atoms with van der Waals surface area (Å²) < 4.78 is 0. The van der Waals surface area contributed by atoms with E-state index in [0.29, 0.717) is 0 Å². The summed E-state index contributed by atoms with van der Waals surface area (Å²) >= 11 is 3.32. The number of benzene rings is 1. The van der Waals surface area contributed by atoms with Crippen LogP contribution in [0.3, 0.4) is 0 Å². The fourth-order valence-corrected chi connectivity index (χ4v) is 1.27. The zero-order chi connectivity index (χ0) is 11.1. The molecule has 0 saturated carbocycles. The lowest BCUT2D eigenvalue weighted by Gasteiger charge is -1.91. The highest BCUT2D eigenvalue weighted by molar-refractivity contribution is 9.09. The molecule has 0 spiro atoms. The topological polar surface area (TPSA) is 43.1 Å². The van der Waals surface area contributed by atoms with Gasteiger partial charge < -0.3 is 0 Å². The average molecular weight is 268 g/mol. The maximum atomic E-state index is 10.4. The molecule has 0 atom stereocenters. The molecule has 0 radical (unpaired) electrons. The van der Waals surface area contributed by atoms with Crippen molar-refractivity contribution in [3.05, 3.63) is 39.9 Å². The van der Waals surface area contributed by atoms with Crippen LogP contribution in [0.4, 0.5) is 5.69 Å². The number of hydrogen-bond donors (Lipinski definition) is 0. The lowest BCUT2D eigenvalue weighted by atomic mass is 10.2. The SMILES string of the molecule is O=[N+]([O-])c1ccc(C#CCCCBr)cc1. The molecule has 1 aromatic carbocycles. The summed E-state index contributed by atoms with van der Waals surface area (Å²) in [6.45, 7) is 0. The molecule has 0 N–H and O–H groups in total. The van der Waals surface area contributed by atoms with Crippen molar-refractivity contribution in [2.45, 2.75) is 12.8 Å². The Morgan fingerprint density at radius 1 is 1.33 bits per heavy atom. The maximum absolute atomic E-state index is 10.4. The van der Waals surface area contributed by atoms with E-state index in [0.717, 1.165) is 23.7 Å². The van der Waals surface area contributed by atoms with Crippen LogP contribution in [0, 0.1) is 22.0 Å². The molecule has 0 amide bonds. The van der Waals surface area contributed by atoms with E-state index in [2.05, 4.69) is 27.8 Å². The summed E-state index contributed by atoms with van der Waals surface area (Å²) in [6.07, 6.45) is 1.85. The standard InChI is InChI=1S/C11H10BrNO2/c12-9-3-1-2-4-10-5-7-11(8-6-10)13(14)15/h5-8H,1,3,9H2. The van der Waals surface area contributed by atoms with Gasteiger partial charge in [0.05, 0.1) is 4.92 Å². The van der Waals surface area contributed by atoms with E-state index in [1.165, 1.54) is 12.1 Å². The molecule has 15 heavy (non-hydrogen) atoms. The summed E-state index contributed by atoms with van der Waals surface area (Å²) in [4.78, 5) is 9.96. The Labute approximate surface area is 96.8 Å². The third-order valence-electron chi connectivity index (χ3n) is 1.75.